The van der Waals surface area contributed by atoms with Crippen LogP contribution in [0, 0.1) is 0 Å². The van der Waals surface area contributed by atoms with E-state index in [2.05, 4.69) is 34.2 Å². The van der Waals surface area contributed by atoms with Crippen molar-refractivity contribution in [3.05, 3.63) is 84.0 Å². The van der Waals surface area contributed by atoms with E-state index in [9.17, 15) is 0 Å². The van der Waals surface area contributed by atoms with Gasteiger partial charge >= 0.3 is 0 Å². The van der Waals surface area contributed by atoms with E-state index in [0.29, 0.717) is 11.0 Å². The maximum absolute atomic E-state index is 6.29. The molecule has 0 aliphatic carbocycles. The van der Waals surface area contributed by atoms with Crippen molar-refractivity contribution in [2.45, 2.75) is 13.8 Å². The van der Waals surface area contributed by atoms with Gasteiger partial charge < -0.3 is 0 Å². The second-order valence-electron chi connectivity index (χ2n) is 5.30. The van der Waals surface area contributed by atoms with Crippen molar-refractivity contribution >= 4 is 22.5 Å². The predicted molar refractivity (Wildman–Crippen MR) is 107 cm³/mol. The Balaban J connectivity index is 0.000000880. The number of hydrogen-bond donors (Lipinski definition) is 0. The first-order valence-electron chi connectivity index (χ1n) is 8.39. The number of benzene rings is 3. The molecule has 4 aromatic rings. The molecule has 0 radical (unpaired) electrons. The zero-order chi connectivity index (χ0) is 17.6. The molecule has 0 aliphatic rings. The normalized spacial score (nSPS) is 10.2. The van der Waals surface area contributed by atoms with Gasteiger partial charge in [-0.2, -0.15) is 0 Å². The predicted octanol–water partition coefficient (Wildman–Crippen LogP) is 6.64. The minimum Gasteiger partial charge on any atom is -0.228 e. The summed E-state index contributed by atoms with van der Waals surface area (Å²) in [6.45, 7) is 4.00. The number of para-hydroxylation sites is 1. The highest BCUT2D eigenvalue weighted by Gasteiger charge is 2.07. The Morgan fingerprint density at radius 2 is 1.16 bits per heavy atom. The van der Waals surface area contributed by atoms with Gasteiger partial charge in [0.15, 0.2) is 5.82 Å². The topological polar surface area (TPSA) is 25.8 Å². The van der Waals surface area contributed by atoms with Crippen molar-refractivity contribution < 1.29 is 0 Å². The molecule has 3 heteroatoms. The molecule has 0 aliphatic heterocycles. The zero-order valence-electron chi connectivity index (χ0n) is 14.3. The highest BCUT2D eigenvalue weighted by molar-refractivity contribution is 6.34. The standard InChI is InChI=1S/C20H13ClN2.C2H6/c21-19-17-8-4-5-9-18(17)22-20(23-19)16-12-10-15(11-13-16)14-6-2-1-3-7-14;1-2/h1-13H;1-2H3. The molecule has 25 heavy (non-hydrogen) atoms. The van der Waals surface area contributed by atoms with Crippen molar-refractivity contribution in [3.8, 4) is 22.5 Å². The third-order valence-electron chi connectivity index (χ3n) is 3.81. The lowest BCUT2D eigenvalue weighted by Crippen LogP contribution is -1.91. The molecule has 2 nitrogen and oxygen atoms in total. The summed E-state index contributed by atoms with van der Waals surface area (Å²) < 4.78 is 0. The van der Waals surface area contributed by atoms with Gasteiger partial charge in [-0.05, 0) is 23.3 Å². The summed E-state index contributed by atoms with van der Waals surface area (Å²) in [5.74, 6) is 0.647. The molecule has 0 atom stereocenters. The minimum atomic E-state index is 0.484. The number of hydrogen-bond acceptors (Lipinski definition) is 2. The molecule has 4 rings (SSSR count). The van der Waals surface area contributed by atoms with Crippen molar-refractivity contribution in [2.75, 3.05) is 0 Å². The molecule has 0 saturated heterocycles. The van der Waals surface area contributed by atoms with E-state index in [-0.39, 0.29) is 0 Å². The third kappa shape index (κ3) is 3.70. The molecule has 0 saturated carbocycles. The summed E-state index contributed by atoms with van der Waals surface area (Å²) in [6.07, 6.45) is 0. The lowest BCUT2D eigenvalue weighted by molar-refractivity contribution is 1.23. The van der Waals surface area contributed by atoms with Crippen LogP contribution in [-0.2, 0) is 0 Å². The van der Waals surface area contributed by atoms with Crippen molar-refractivity contribution in [3.63, 3.8) is 0 Å². The number of halogens is 1. The lowest BCUT2D eigenvalue weighted by Gasteiger charge is -2.06. The Morgan fingerprint density at radius 3 is 1.88 bits per heavy atom. The first-order chi connectivity index (χ1) is 12.3. The maximum atomic E-state index is 6.29. The van der Waals surface area contributed by atoms with Gasteiger partial charge in [-0.15, -0.1) is 0 Å². The fraction of sp³-hybridized carbons (Fsp3) is 0.0909. The smallest absolute Gasteiger partial charge is 0.161 e. The minimum absolute atomic E-state index is 0.484. The van der Waals surface area contributed by atoms with E-state index in [0.717, 1.165) is 16.5 Å². The van der Waals surface area contributed by atoms with Crippen LogP contribution in [0.3, 0.4) is 0 Å². The molecule has 0 bridgehead atoms. The monoisotopic (exact) mass is 346 g/mol. The van der Waals surface area contributed by atoms with Gasteiger partial charge in [-0.3, -0.25) is 0 Å². The molecule has 1 aromatic heterocycles. The average Bonchev–Trinajstić information content (AvgIpc) is 2.70. The Hall–Kier alpha value is -2.71. The van der Waals surface area contributed by atoms with Gasteiger partial charge in [0.1, 0.15) is 5.15 Å². The molecule has 0 N–H and O–H groups in total. The Bertz CT molecular complexity index is 964. The average molecular weight is 347 g/mol. The quantitative estimate of drug-likeness (QED) is 0.380. The van der Waals surface area contributed by atoms with Crippen LogP contribution < -0.4 is 0 Å². The molecule has 124 valence electrons. The second-order valence-corrected chi connectivity index (χ2v) is 5.66. The van der Waals surface area contributed by atoms with Crippen molar-refractivity contribution in [1.29, 1.82) is 0 Å². The maximum Gasteiger partial charge on any atom is 0.161 e. The van der Waals surface area contributed by atoms with E-state index in [4.69, 9.17) is 11.6 Å². The molecule has 1 heterocycles. The zero-order valence-corrected chi connectivity index (χ0v) is 15.0. The third-order valence-corrected chi connectivity index (χ3v) is 4.10. The van der Waals surface area contributed by atoms with Gasteiger partial charge in [0.2, 0.25) is 0 Å². The van der Waals surface area contributed by atoms with E-state index in [1.54, 1.807) is 0 Å². The largest absolute Gasteiger partial charge is 0.228 e. The van der Waals surface area contributed by atoms with Gasteiger partial charge in [-0.25, -0.2) is 9.97 Å². The molecular weight excluding hydrogens is 328 g/mol. The number of nitrogens with zero attached hydrogens (tertiary/aromatic N) is 2. The highest BCUT2D eigenvalue weighted by atomic mass is 35.5. The van der Waals surface area contributed by atoms with Crippen molar-refractivity contribution in [1.82, 2.24) is 9.97 Å². The summed E-state index contributed by atoms with van der Waals surface area (Å²) in [6, 6.07) is 26.3. The fourth-order valence-corrected chi connectivity index (χ4v) is 2.85. The number of rotatable bonds is 2. The summed E-state index contributed by atoms with van der Waals surface area (Å²) in [4.78, 5) is 9.04. The van der Waals surface area contributed by atoms with E-state index >= 15 is 0 Å². The molecule has 0 spiro atoms. The summed E-state index contributed by atoms with van der Waals surface area (Å²) >= 11 is 6.29. The Kier molecular flexibility index (Phi) is 5.42. The van der Waals surface area contributed by atoms with Crippen LogP contribution in [0.5, 0.6) is 0 Å². The van der Waals surface area contributed by atoms with E-state index < -0.39 is 0 Å². The van der Waals surface area contributed by atoms with Crippen LogP contribution >= 0.6 is 11.6 Å². The molecule has 0 unspecified atom stereocenters. The van der Waals surface area contributed by atoms with Crippen molar-refractivity contribution in [2.24, 2.45) is 0 Å². The second kappa shape index (κ2) is 7.91. The van der Waals surface area contributed by atoms with Crippen LogP contribution in [0.2, 0.25) is 5.15 Å². The Labute approximate surface area is 153 Å². The first-order valence-corrected chi connectivity index (χ1v) is 8.77. The van der Waals surface area contributed by atoms with Crippen LogP contribution in [0.4, 0.5) is 0 Å². The summed E-state index contributed by atoms with van der Waals surface area (Å²) in [7, 11) is 0. The summed E-state index contributed by atoms with van der Waals surface area (Å²) in [5.41, 5.74) is 4.17. The van der Waals surface area contributed by atoms with E-state index in [1.807, 2.05) is 68.4 Å². The van der Waals surface area contributed by atoms with Crippen LogP contribution in [-0.4, -0.2) is 9.97 Å². The Morgan fingerprint density at radius 1 is 0.600 bits per heavy atom. The van der Waals surface area contributed by atoms with Crippen LogP contribution in [0.25, 0.3) is 33.4 Å². The molecule has 0 amide bonds. The van der Waals surface area contributed by atoms with Gasteiger partial charge in [0.25, 0.3) is 0 Å². The number of aromatic nitrogens is 2. The van der Waals surface area contributed by atoms with Gasteiger partial charge in [-0.1, -0.05) is 92.2 Å². The molecule has 3 aromatic carbocycles. The van der Waals surface area contributed by atoms with Crippen LogP contribution in [0.15, 0.2) is 78.9 Å². The highest BCUT2D eigenvalue weighted by Crippen LogP contribution is 2.26. The molecule has 0 fully saturated rings. The van der Waals surface area contributed by atoms with Gasteiger partial charge in [0, 0.05) is 10.9 Å². The van der Waals surface area contributed by atoms with E-state index in [1.165, 1.54) is 11.1 Å². The first kappa shape index (κ1) is 17.1. The molecular formula is C22H19ClN2. The fourth-order valence-electron chi connectivity index (χ4n) is 2.61. The lowest BCUT2D eigenvalue weighted by atomic mass is 10.0. The SMILES string of the molecule is CC.Clc1nc(-c2ccc(-c3ccccc3)cc2)nc2ccccc12. The number of fused-ring (bicyclic) bond motifs is 1. The van der Waals surface area contributed by atoms with Gasteiger partial charge in [0.05, 0.1) is 5.52 Å². The van der Waals surface area contributed by atoms with Crippen LogP contribution in [0.1, 0.15) is 13.8 Å². The summed E-state index contributed by atoms with van der Waals surface area (Å²) in [5, 5.41) is 1.36.